The molecule has 0 aromatic heterocycles. The van der Waals surface area contributed by atoms with Crippen LogP contribution >= 0.6 is 23.2 Å². The monoisotopic (exact) mass is 424 g/mol. The SMILES string of the molecule is CC1(N2CCCCC2)CCCC(N2CCCCC2)C1(O)c1ccc(Cl)cc1Cl. The summed E-state index contributed by atoms with van der Waals surface area (Å²) in [5.41, 5.74) is -0.450. The van der Waals surface area contributed by atoms with E-state index in [-0.39, 0.29) is 11.6 Å². The highest BCUT2D eigenvalue weighted by Crippen LogP contribution is 2.52. The van der Waals surface area contributed by atoms with E-state index in [0.29, 0.717) is 10.0 Å². The number of nitrogens with zero attached hydrogens (tertiary/aromatic N) is 2. The van der Waals surface area contributed by atoms with Crippen LogP contribution in [0.25, 0.3) is 0 Å². The van der Waals surface area contributed by atoms with E-state index < -0.39 is 5.60 Å². The molecule has 3 aliphatic rings. The third-order valence-corrected chi connectivity index (χ3v) is 8.22. The molecule has 2 aliphatic heterocycles. The molecule has 3 fully saturated rings. The third kappa shape index (κ3) is 3.52. The van der Waals surface area contributed by atoms with Gasteiger partial charge >= 0.3 is 0 Å². The lowest BCUT2D eigenvalue weighted by Gasteiger charge is -2.61. The van der Waals surface area contributed by atoms with Gasteiger partial charge in [0, 0.05) is 21.7 Å². The molecule has 156 valence electrons. The van der Waals surface area contributed by atoms with E-state index in [4.69, 9.17) is 23.2 Å². The van der Waals surface area contributed by atoms with Gasteiger partial charge in [0.2, 0.25) is 0 Å². The lowest BCUT2D eigenvalue weighted by atomic mass is 9.62. The van der Waals surface area contributed by atoms with E-state index in [1.54, 1.807) is 6.07 Å². The van der Waals surface area contributed by atoms with Crippen molar-refractivity contribution in [2.24, 2.45) is 0 Å². The molecule has 5 heteroatoms. The Morgan fingerprint density at radius 2 is 1.57 bits per heavy atom. The van der Waals surface area contributed by atoms with Crippen molar-refractivity contribution in [3.8, 4) is 0 Å². The lowest BCUT2D eigenvalue weighted by molar-refractivity contribution is -0.185. The van der Waals surface area contributed by atoms with Crippen LogP contribution in [0, 0.1) is 0 Å². The Bertz CT molecular complexity index is 687. The molecule has 0 radical (unpaired) electrons. The van der Waals surface area contributed by atoms with Crippen LogP contribution in [-0.2, 0) is 5.60 Å². The van der Waals surface area contributed by atoms with Crippen LogP contribution < -0.4 is 0 Å². The van der Waals surface area contributed by atoms with Gasteiger partial charge in [-0.05, 0) is 90.2 Å². The molecule has 28 heavy (non-hydrogen) atoms. The highest BCUT2D eigenvalue weighted by Gasteiger charge is 2.59. The van der Waals surface area contributed by atoms with Gasteiger partial charge in [0.25, 0.3) is 0 Å². The Morgan fingerprint density at radius 3 is 2.21 bits per heavy atom. The second kappa shape index (κ2) is 8.43. The fourth-order valence-corrected chi connectivity index (χ4v) is 6.68. The Balaban J connectivity index is 1.82. The van der Waals surface area contributed by atoms with Crippen LogP contribution in [0.4, 0.5) is 0 Å². The van der Waals surface area contributed by atoms with E-state index in [2.05, 4.69) is 16.7 Å². The summed E-state index contributed by atoms with van der Waals surface area (Å²) in [5.74, 6) is 0. The van der Waals surface area contributed by atoms with E-state index in [0.717, 1.165) is 51.0 Å². The molecule has 0 spiro atoms. The molecule has 0 amide bonds. The standard InChI is InChI=1S/C23H34Cl2N2O/c1-22(27-15-6-3-7-16-27)12-8-9-21(26-13-4-2-5-14-26)23(22,28)19-11-10-18(24)17-20(19)25/h10-11,17,21,28H,2-9,12-16H2,1H3. The summed E-state index contributed by atoms with van der Waals surface area (Å²) >= 11 is 13.0. The van der Waals surface area contributed by atoms with Crippen LogP contribution in [0.3, 0.4) is 0 Å². The minimum atomic E-state index is -0.998. The predicted octanol–water partition coefficient (Wildman–Crippen LogP) is 5.46. The second-order valence-electron chi connectivity index (χ2n) is 9.22. The predicted molar refractivity (Wildman–Crippen MR) is 117 cm³/mol. The van der Waals surface area contributed by atoms with Crippen molar-refractivity contribution in [2.45, 2.75) is 81.9 Å². The van der Waals surface area contributed by atoms with Crippen LogP contribution in [0.15, 0.2) is 18.2 Å². The third-order valence-electron chi connectivity index (χ3n) is 7.67. The summed E-state index contributed by atoms with van der Waals surface area (Å²) in [4.78, 5) is 5.12. The maximum atomic E-state index is 12.7. The van der Waals surface area contributed by atoms with Gasteiger partial charge in [-0.2, -0.15) is 0 Å². The van der Waals surface area contributed by atoms with Crippen molar-refractivity contribution in [2.75, 3.05) is 26.2 Å². The lowest BCUT2D eigenvalue weighted by Crippen LogP contribution is -2.71. The molecule has 0 bridgehead atoms. The molecule has 1 N–H and O–H groups in total. The first kappa shape index (κ1) is 20.9. The molecule has 2 saturated heterocycles. The molecule has 1 saturated carbocycles. The van der Waals surface area contributed by atoms with Crippen LogP contribution in [-0.4, -0.2) is 52.7 Å². The van der Waals surface area contributed by atoms with Gasteiger partial charge < -0.3 is 5.11 Å². The molecule has 1 aliphatic carbocycles. The molecule has 3 unspecified atom stereocenters. The maximum absolute atomic E-state index is 12.7. The van der Waals surface area contributed by atoms with Crippen molar-refractivity contribution in [1.29, 1.82) is 0 Å². The zero-order valence-corrected chi connectivity index (χ0v) is 18.6. The van der Waals surface area contributed by atoms with Gasteiger partial charge in [-0.15, -0.1) is 0 Å². The second-order valence-corrected chi connectivity index (χ2v) is 10.1. The van der Waals surface area contributed by atoms with Gasteiger partial charge in [-0.1, -0.05) is 42.1 Å². The minimum Gasteiger partial charge on any atom is -0.382 e. The van der Waals surface area contributed by atoms with E-state index in [1.165, 1.54) is 38.5 Å². The number of benzene rings is 1. The summed E-state index contributed by atoms with van der Waals surface area (Å²) in [7, 11) is 0. The zero-order chi connectivity index (χ0) is 19.8. The summed E-state index contributed by atoms with van der Waals surface area (Å²) in [6.07, 6.45) is 10.7. The molecule has 4 rings (SSSR count). The van der Waals surface area contributed by atoms with Gasteiger partial charge in [-0.25, -0.2) is 0 Å². The molecule has 2 heterocycles. The number of halogens is 2. The molecule has 3 atom stereocenters. The fraction of sp³-hybridized carbons (Fsp3) is 0.739. The van der Waals surface area contributed by atoms with Gasteiger partial charge in [0.15, 0.2) is 0 Å². The van der Waals surface area contributed by atoms with Crippen LogP contribution in [0.5, 0.6) is 0 Å². The average Bonchev–Trinajstić information content (AvgIpc) is 2.71. The van der Waals surface area contributed by atoms with Crippen molar-refractivity contribution in [3.05, 3.63) is 33.8 Å². The van der Waals surface area contributed by atoms with Gasteiger partial charge in [0.1, 0.15) is 5.60 Å². The number of likely N-dealkylation sites (tertiary alicyclic amines) is 2. The maximum Gasteiger partial charge on any atom is 0.124 e. The Morgan fingerprint density at radius 1 is 0.929 bits per heavy atom. The molecule has 1 aromatic rings. The topological polar surface area (TPSA) is 26.7 Å². The molecular weight excluding hydrogens is 391 g/mol. The molecular formula is C23H34Cl2N2O. The number of rotatable bonds is 3. The first-order chi connectivity index (χ1) is 13.5. The van der Waals surface area contributed by atoms with Gasteiger partial charge in [0.05, 0.1) is 5.54 Å². The minimum absolute atomic E-state index is 0.104. The zero-order valence-electron chi connectivity index (χ0n) is 17.1. The summed E-state index contributed by atoms with van der Waals surface area (Å²) < 4.78 is 0. The number of hydrogen-bond acceptors (Lipinski definition) is 3. The number of hydrogen-bond donors (Lipinski definition) is 1. The van der Waals surface area contributed by atoms with Crippen molar-refractivity contribution >= 4 is 23.2 Å². The molecule has 1 aromatic carbocycles. The number of aliphatic hydroxyl groups is 1. The summed E-state index contributed by atoms with van der Waals surface area (Å²) in [5, 5.41) is 13.9. The largest absolute Gasteiger partial charge is 0.382 e. The summed E-state index contributed by atoms with van der Waals surface area (Å²) in [6.45, 7) is 6.58. The highest BCUT2D eigenvalue weighted by atomic mass is 35.5. The highest BCUT2D eigenvalue weighted by molar-refractivity contribution is 6.35. The number of piperidine rings is 2. The average molecular weight is 425 g/mol. The van der Waals surface area contributed by atoms with Crippen LogP contribution in [0.1, 0.15) is 70.3 Å². The Hall–Kier alpha value is -0.320. The normalized spacial score (nSPS) is 35.8. The Kier molecular flexibility index (Phi) is 6.30. The van der Waals surface area contributed by atoms with Crippen LogP contribution in [0.2, 0.25) is 10.0 Å². The summed E-state index contributed by atoms with van der Waals surface area (Å²) in [6, 6.07) is 5.77. The smallest absolute Gasteiger partial charge is 0.124 e. The Labute approximate surface area is 180 Å². The van der Waals surface area contributed by atoms with Gasteiger partial charge in [-0.3, -0.25) is 9.80 Å². The first-order valence-corrected chi connectivity index (χ1v) is 11.9. The van der Waals surface area contributed by atoms with E-state index in [1.807, 2.05) is 12.1 Å². The van der Waals surface area contributed by atoms with E-state index >= 15 is 0 Å². The van der Waals surface area contributed by atoms with Crippen molar-refractivity contribution in [1.82, 2.24) is 9.80 Å². The van der Waals surface area contributed by atoms with Crippen molar-refractivity contribution < 1.29 is 5.11 Å². The first-order valence-electron chi connectivity index (χ1n) is 11.1. The van der Waals surface area contributed by atoms with Crippen molar-refractivity contribution in [3.63, 3.8) is 0 Å². The quantitative estimate of drug-likeness (QED) is 0.696. The molecule has 3 nitrogen and oxygen atoms in total. The van der Waals surface area contributed by atoms with E-state index in [9.17, 15) is 5.11 Å². The fourth-order valence-electron chi connectivity index (χ4n) is 6.13.